The third kappa shape index (κ3) is 3.62. The van der Waals surface area contributed by atoms with Crippen LogP contribution in [0.4, 0.5) is 9.18 Å². The highest BCUT2D eigenvalue weighted by atomic mass is 19.1. The minimum atomic E-state index is -1.03. The molecule has 0 heterocycles. The number of carbonyl (C=O) groups excluding carboxylic acids is 2. The zero-order chi connectivity index (χ0) is 12.8. The summed E-state index contributed by atoms with van der Waals surface area (Å²) in [7, 11) is 1.36. The number of hydrogen-bond donors (Lipinski definition) is 1. The maximum atomic E-state index is 13.2. The van der Waals surface area contributed by atoms with Gasteiger partial charge in [0.2, 0.25) is 0 Å². The van der Waals surface area contributed by atoms with Crippen molar-refractivity contribution in [3.63, 3.8) is 0 Å². The fourth-order valence-corrected chi connectivity index (χ4v) is 1.17. The fraction of sp³-hybridized carbons (Fsp3) is 0.182. The quantitative estimate of drug-likeness (QED) is 0.799. The summed E-state index contributed by atoms with van der Waals surface area (Å²) in [5.74, 6) is 1.23. The van der Waals surface area contributed by atoms with Gasteiger partial charge in [-0.25, -0.2) is 14.0 Å². The summed E-state index contributed by atoms with van der Waals surface area (Å²) in [6.07, 6.45) is -1.03. The van der Waals surface area contributed by atoms with Crippen LogP contribution in [0.15, 0.2) is 18.2 Å². The molecular formula is C11H10FNO4. The number of benzene rings is 1. The van der Waals surface area contributed by atoms with E-state index in [1.54, 1.807) is 5.94 Å². The number of nitrogens with two attached hydrogens (primary N) is 1. The van der Waals surface area contributed by atoms with E-state index >= 15 is 0 Å². The summed E-state index contributed by atoms with van der Waals surface area (Å²) in [4.78, 5) is 21.1. The Morgan fingerprint density at radius 3 is 2.71 bits per heavy atom. The molecule has 0 fully saturated rings. The van der Waals surface area contributed by atoms with Crippen molar-refractivity contribution in [2.24, 2.45) is 5.73 Å². The number of ether oxygens (including phenoxy) is 2. The first-order valence-electron chi connectivity index (χ1n) is 4.58. The average molecular weight is 239 g/mol. The summed E-state index contributed by atoms with van der Waals surface area (Å²) in [6.45, 7) is -0.370. The number of carbonyl (C=O) groups is 1. The number of hydrogen-bond acceptors (Lipinski definition) is 4. The Balaban J connectivity index is 3.00. The molecule has 1 aromatic carbocycles. The standard InChI is InChI=1S/C11H10FNO4/c1-16-10-3-7(2-9(12)4-10)8(5-14)6-17-11(13)15/h2-4H,6H2,1H3,(H2,13,15). The zero-order valence-corrected chi connectivity index (χ0v) is 9.03. The second-order valence-electron chi connectivity index (χ2n) is 3.07. The van der Waals surface area contributed by atoms with Crippen molar-refractivity contribution in [3.05, 3.63) is 29.6 Å². The Bertz CT molecular complexity index is 480. The second kappa shape index (κ2) is 5.67. The van der Waals surface area contributed by atoms with Crippen molar-refractivity contribution in [3.8, 4) is 5.75 Å². The van der Waals surface area contributed by atoms with E-state index < -0.39 is 11.9 Å². The minimum Gasteiger partial charge on any atom is -0.497 e. The highest BCUT2D eigenvalue weighted by Crippen LogP contribution is 2.21. The molecule has 5 nitrogen and oxygen atoms in total. The van der Waals surface area contributed by atoms with Crippen LogP contribution >= 0.6 is 0 Å². The van der Waals surface area contributed by atoms with Crippen LogP contribution in [-0.2, 0) is 9.53 Å². The fourth-order valence-electron chi connectivity index (χ4n) is 1.17. The Morgan fingerprint density at radius 2 is 2.18 bits per heavy atom. The maximum absolute atomic E-state index is 13.2. The van der Waals surface area contributed by atoms with Gasteiger partial charge in [-0.1, -0.05) is 0 Å². The molecule has 1 amide bonds. The molecule has 1 rings (SSSR count). The molecule has 17 heavy (non-hydrogen) atoms. The van der Waals surface area contributed by atoms with Crippen LogP contribution in [0.3, 0.4) is 0 Å². The van der Waals surface area contributed by atoms with Gasteiger partial charge in [-0.2, -0.15) is 0 Å². The van der Waals surface area contributed by atoms with Gasteiger partial charge in [-0.15, -0.1) is 0 Å². The molecule has 0 atom stereocenters. The largest absolute Gasteiger partial charge is 0.497 e. The third-order valence-corrected chi connectivity index (χ3v) is 1.94. The van der Waals surface area contributed by atoms with E-state index in [2.05, 4.69) is 4.74 Å². The molecule has 0 saturated heterocycles. The van der Waals surface area contributed by atoms with Crippen LogP contribution in [0.5, 0.6) is 5.75 Å². The molecule has 0 saturated carbocycles. The number of primary amides is 1. The molecule has 0 aliphatic heterocycles. The molecule has 0 spiro atoms. The number of rotatable bonds is 4. The maximum Gasteiger partial charge on any atom is 0.404 e. The van der Waals surface area contributed by atoms with Crippen LogP contribution in [0.2, 0.25) is 0 Å². The number of halogens is 1. The summed E-state index contributed by atoms with van der Waals surface area (Å²) in [6, 6.07) is 3.68. The van der Waals surface area contributed by atoms with Gasteiger partial charge in [-0.05, 0) is 17.7 Å². The molecule has 90 valence electrons. The smallest absolute Gasteiger partial charge is 0.404 e. The van der Waals surface area contributed by atoms with Crippen molar-refractivity contribution in [1.29, 1.82) is 0 Å². The lowest BCUT2D eigenvalue weighted by Crippen LogP contribution is -2.14. The van der Waals surface area contributed by atoms with E-state index in [9.17, 15) is 14.0 Å². The van der Waals surface area contributed by atoms with E-state index in [0.717, 1.165) is 12.1 Å². The lowest BCUT2D eigenvalue weighted by atomic mass is 10.1. The Morgan fingerprint density at radius 1 is 1.47 bits per heavy atom. The Hall–Kier alpha value is -2.33. The van der Waals surface area contributed by atoms with Crippen LogP contribution in [-0.4, -0.2) is 25.8 Å². The Labute approximate surface area is 96.6 Å². The first-order valence-corrected chi connectivity index (χ1v) is 4.58. The van der Waals surface area contributed by atoms with Gasteiger partial charge in [0.25, 0.3) is 0 Å². The van der Waals surface area contributed by atoms with Gasteiger partial charge < -0.3 is 15.2 Å². The predicted molar refractivity (Wildman–Crippen MR) is 57.6 cm³/mol. The molecule has 0 aliphatic rings. The van der Waals surface area contributed by atoms with Crippen molar-refractivity contribution in [2.75, 3.05) is 13.7 Å². The molecule has 0 aromatic heterocycles. The molecular weight excluding hydrogens is 229 g/mol. The van der Waals surface area contributed by atoms with E-state index in [4.69, 9.17) is 10.5 Å². The molecule has 0 aliphatic carbocycles. The lowest BCUT2D eigenvalue weighted by molar-refractivity contribution is 0.171. The molecule has 1 aromatic rings. The van der Waals surface area contributed by atoms with Crippen LogP contribution in [0.1, 0.15) is 5.56 Å². The van der Waals surface area contributed by atoms with Gasteiger partial charge in [0.15, 0.2) is 0 Å². The average Bonchev–Trinajstić information content (AvgIpc) is 2.28. The van der Waals surface area contributed by atoms with Crippen molar-refractivity contribution in [1.82, 2.24) is 0 Å². The van der Waals surface area contributed by atoms with E-state index in [1.807, 2.05) is 0 Å². The summed E-state index contributed by atoms with van der Waals surface area (Å²) in [5, 5.41) is 0. The van der Waals surface area contributed by atoms with Crippen LogP contribution < -0.4 is 10.5 Å². The van der Waals surface area contributed by atoms with E-state index in [-0.39, 0.29) is 23.5 Å². The summed E-state index contributed by atoms with van der Waals surface area (Å²) < 4.78 is 22.4. The minimum absolute atomic E-state index is 0.0263. The SMILES string of the molecule is COc1cc(F)cc(C(=C=O)COC(N)=O)c1. The predicted octanol–water partition coefficient (Wildman–Crippen LogP) is 1.14. The molecule has 6 heteroatoms. The number of methoxy groups -OCH3 is 1. The summed E-state index contributed by atoms with van der Waals surface area (Å²) in [5.41, 5.74) is 4.95. The van der Waals surface area contributed by atoms with Crippen LogP contribution in [0.25, 0.3) is 5.57 Å². The molecule has 2 N–H and O–H groups in total. The van der Waals surface area contributed by atoms with E-state index in [1.165, 1.54) is 13.2 Å². The van der Waals surface area contributed by atoms with Gasteiger partial charge in [0.1, 0.15) is 24.1 Å². The molecule has 0 bridgehead atoms. The lowest BCUT2D eigenvalue weighted by Gasteiger charge is -2.06. The van der Waals surface area contributed by atoms with E-state index in [0.29, 0.717) is 0 Å². The van der Waals surface area contributed by atoms with Gasteiger partial charge in [0.05, 0.1) is 12.7 Å². The topological polar surface area (TPSA) is 78.6 Å². The van der Waals surface area contributed by atoms with Crippen LogP contribution in [0, 0.1) is 5.82 Å². The van der Waals surface area contributed by atoms with Crippen molar-refractivity contribution >= 4 is 17.6 Å². The highest BCUT2D eigenvalue weighted by Gasteiger charge is 2.09. The van der Waals surface area contributed by atoms with Gasteiger partial charge in [-0.3, -0.25) is 0 Å². The Kier molecular flexibility index (Phi) is 4.25. The van der Waals surface area contributed by atoms with Crippen molar-refractivity contribution in [2.45, 2.75) is 0 Å². The zero-order valence-electron chi connectivity index (χ0n) is 9.03. The van der Waals surface area contributed by atoms with Crippen molar-refractivity contribution < 1.29 is 23.5 Å². The number of amides is 1. The van der Waals surface area contributed by atoms with Gasteiger partial charge in [0, 0.05) is 6.07 Å². The summed E-state index contributed by atoms with van der Waals surface area (Å²) >= 11 is 0. The molecule has 0 radical (unpaired) electrons. The first-order chi connectivity index (χ1) is 8.06. The normalized spacial score (nSPS) is 9.29. The third-order valence-electron chi connectivity index (χ3n) is 1.94. The van der Waals surface area contributed by atoms with Gasteiger partial charge >= 0.3 is 6.09 Å². The molecule has 0 unspecified atom stereocenters. The second-order valence-corrected chi connectivity index (χ2v) is 3.07. The monoisotopic (exact) mass is 239 g/mol. The first kappa shape index (κ1) is 12.7. The highest BCUT2D eigenvalue weighted by molar-refractivity contribution is 5.89.